The van der Waals surface area contributed by atoms with E-state index in [1.165, 1.54) is 17.0 Å². The van der Waals surface area contributed by atoms with Gasteiger partial charge in [-0.15, -0.1) is 10.2 Å². The van der Waals surface area contributed by atoms with Gasteiger partial charge in [-0.25, -0.2) is 9.50 Å². The maximum absolute atomic E-state index is 12.2. The molecule has 0 spiro atoms. The molecular weight excluding hydrogens is 262 g/mol. The summed E-state index contributed by atoms with van der Waals surface area (Å²) in [4.78, 5) is 20.3. The molecule has 20 heavy (non-hydrogen) atoms. The summed E-state index contributed by atoms with van der Waals surface area (Å²) in [6, 6.07) is -0.368. The number of carbonyl (C=O) groups is 1. The number of nitrogens with zero attached hydrogens (tertiary/aromatic N) is 7. The van der Waals surface area contributed by atoms with E-state index in [9.17, 15) is 4.79 Å². The minimum absolute atomic E-state index is 0.287. The zero-order valence-corrected chi connectivity index (χ0v) is 10.8. The van der Waals surface area contributed by atoms with Crippen LogP contribution in [0.25, 0.3) is 5.78 Å². The van der Waals surface area contributed by atoms with Crippen molar-refractivity contribution in [3.05, 3.63) is 29.6 Å². The van der Waals surface area contributed by atoms with Crippen LogP contribution in [0.2, 0.25) is 0 Å². The van der Waals surface area contributed by atoms with E-state index in [0.29, 0.717) is 22.9 Å². The second kappa shape index (κ2) is 4.64. The largest absolute Gasteiger partial charge is 0.342 e. The molecule has 10 nitrogen and oxygen atoms in total. The molecule has 1 atom stereocenters. The van der Waals surface area contributed by atoms with Crippen LogP contribution in [0, 0.1) is 6.92 Å². The average molecular weight is 273 g/mol. The Morgan fingerprint density at radius 3 is 3.05 bits per heavy atom. The van der Waals surface area contributed by atoms with Gasteiger partial charge >= 0.3 is 0 Å². The molecule has 0 fully saturated rings. The zero-order chi connectivity index (χ0) is 14.1. The maximum atomic E-state index is 12.2. The van der Waals surface area contributed by atoms with Crippen LogP contribution in [0.15, 0.2) is 12.5 Å². The fraction of sp³-hybridized carbons (Fsp3) is 0.300. The van der Waals surface area contributed by atoms with Gasteiger partial charge in [0.05, 0.1) is 17.3 Å². The molecule has 3 rings (SSSR count). The molecule has 0 bridgehead atoms. The lowest BCUT2D eigenvalue weighted by atomic mass is 10.2. The first kappa shape index (κ1) is 12.1. The van der Waals surface area contributed by atoms with Crippen molar-refractivity contribution in [1.82, 2.24) is 45.5 Å². The third-order valence-corrected chi connectivity index (χ3v) is 2.89. The van der Waals surface area contributed by atoms with Crippen molar-refractivity contribution < 1.29 is 4.79 Å². The number of aryl methyl sites for hydroxylation is 1. The monoisotopic (exact) mass is 273 g/mol. The van der Waals surface area contributed by atoms with E-state index in [2.05, 4.69) is 41.0 Å². The van der Waals surface area contributed by atoms with Crippen molar-refractivity contribution >= 4 is 11.7 Å². The van der Waals surface area contributed by atoms with Crippen molar-refractivity contribution in [2.75, 3.05) is 0 Å². The Kier molecular flexibility index (Phi) is 2.82. The lowest BCUT2D eigenvalue weighted by molar-refractivity contribution is 0.0936. The highest BCUT2D eigenvalue weighted by molar-refractivity contribution is 5.95. The predicted octanol–water partition coefficient (Wildman–Crippen LogP) is -0.563. The molecule has 3 heterocycles. The van der Waals surface area contributed by atoms with Gasteiger partial charge in [-0.2, -0.15) is 15.3 Å². The van der Waals surface area contributed by atoms with Crippen molar-refractivity contribution in [3.8, 4) is 0 Å². The molecule has 0 aliphatic carbocycles. The molecule has 102 valence electrons. The zero-order valence-electron chi connectivity index (χ0n) is 10.8. The number of hydrogen-bond donors (Lipinski definition) is 2. The van der Waals surface area contributed by atoms with E-state index in [-0.39, 0.29) is 11.9 Å². The predicted molar refractivity (Wildman–Crippen MR) is 65.6 cm³/mol. The number of hydrogen-bond acceptors (Lipinski definition) is 7. The third-order valence-electron chi connectivity index (χ3n) is 2.89. The Bertz CT molecular complexity index is 747. The Balaban J connectivity index is 1.87. The summed E-state index contributed by atoms with van der Waals surface area (Å²) in [5.41, 5.74) is 1.07. The first-order chi connectivity index (χ1) is 9.66. The Hall–Kier alpha value is -2.91. The van der Waals surface area contributed by atoms with Crippen LogP contribution in [-0.2, 0) is 0 Å². The number of aromatic nitrogens is 8. The van der Waals surface area contributed by atoms with Crippen LogP contribution < -0.4 is 5.32 Å². The Labute approximate surface area is 112 Å². The van der Waals surface area contributed by atoms with Gasteiger partial charge in [-0.3, -0.25) is 4.79 Å². The van der Waals surface area contributed by atoms with Crippen LogP contribution in [-0.4, -0.2) is 46.1 Å². The summed E-state index contributed by atoms with van der Waals surface area (Å²) in [5.74, 6) is 0.570. The standard InChI is InChI=1S/C10H11N9O/c1-5(8-15-17-18-16-8)14-9(20)7-3-11-10-12-4-13-19(10)6(7)2/h3-5H,1-2H3,(H,14,20)(H,15,16,17,18). The van der Waals surface area contributed by atoms with Crippen LogP contribution in [0.5, 0.6) is 0 Å². The summed E-state index contributed by atoms with van der Waals surface area (Å²) in [7, 11) is 0. The molecule has 0 saturated heterocycles. The highest BCUT2D eigenvalue weighted by Gasteiger charge is 2.18. The van der Waals surface area contributed by atoms with Crippen molar-refractivity contribution in [2.24, 2.45) is 0 Å². The third kappa shape index (κ3) is 1.96. The van der Waals surface area contributed by atoms with E-state index in [0.717, 1.165) is 0 Å². The van der Waals surface area contributed by atoms with E-state index < -0.39 is 0 Å². The summed E-state index contributed by atoms with van der Waals surface area (Å²) in [6.07, 6.45) is 2.86. The van der Waals surface area contributed by atoms with E-state index >= 15 is 0 Å². The molecule has 0 saturated carbocycles. The Morgan fingerprint density at radius 2 is 2.30 bits per heavy atom. The second-order valence-corrected chi connectivity index (χ2v) is 4.19. The molecule has 10 heteroatoms. The van der Waals surface area contributed by atoms with Crippen LogP contribution in [0.1, 0.15) is 34.8 Å². The molecule has 1 amide bonds. The van der Waals surface area contributed by atoms with Gasteiger partial charge in [-0.05, 0) is 13.8 Å². The number of carbonyl (C=O) groups excluding carboxylic acids is 1. The first-order valence-electron chi connectivity index (χ1n) is 5.86. The number of nitrogens with one attached hydrogen (secondary N) is 2. The first-order valence-corrected chi connectivity index (χ1v) is 5.86. The fourth-order valence-electron chi connectivity index (χ4n) is 1.80. The molecule has 3 aromatic rings. The quantitative estimate of drug-likeness (QED) is 0.654. The number of H-pyrrole nitrogens is 1. The van der Waals surface area contributed by atoms with Gasteiger partial charge in [-0.1, -0.05) is 5.21 Å². The summed E-state index contributed by atoms with van der Waals surface area (Å²) < 4.78 is 1.51. The average Bonchev–Trinajstić information content (AvgIpc) is 3.10. The van der Waals surface area contributed by atoms with Gasteiger partial charge < -0.3 is 5.32 Å². The van der Waals surface area contributed by atoms with E-state index in [4.69, 9.17) is 0 Å². The van der Waals surface area contributed by atoms with Crippen molar-refractivity contribution in [2.45, 2.75) is 19.9 Å². The van der Waals surface area contributed by atoms with E-state index in [1.807, 2.05) is 0 Å². The van der Waals surface area contributed by atoms with Crippen LogP contribution in [0.4, 0.5) is 0 Å². The molecule has 0 aliphatic rings. The topological polar surface area (TPSA) is 127 Å². The minimum atomic E-state index is -0.368. The number of amides is 1. The molecule has 2 N–H and O–H groups in total. The number of tetrazole rings is 1. The van der Waals surface area contributed by atoms with Crippen LogP contribution in [0.3, 0.4) is 0 Å². The molecule has 3 aromatic heterocycles. The summed E-state index contributed by atoms with van der Waals surface area (Å²) >= 11 is 0. The fourth-order valence-corrected chi connectivity index (χ4v) is 1.80. The van der Waals surface area contributed by atoms with Gasteiger partial charge in [0.2, 0.25) is 0 Å². The molecule has 0 radical (unpaired) electrons. The highest BCUT2D eigenvalue weighted by atomic mass is 16.1. The molecule has 0 aromatic carbocycles. The van der Waals surface area contributed by atoms with Crippen molar-refractivity contribution in [3.63, 3.8) is 0 Å². The van der Waals surface area contributed by atoms with Gasteiger partial charge in [0.1, 0.15) is 6.33 Å². The SMILES string of the molecule is Cc1c(C(=O)NC(C)c2nn[nH]n2)cnc2ncnn12. The minimum Gasteiger partial charge on any atom is -0.342 e. The van der Waals surface area contributed by atoms with Gasteiger partial charge in [0.15, 0.2) is 5.82 Å². The second-order valence-electron chi connectivity index (χ2n) is 4.19. The molecular formula is C10H11N9O. The van der Waals surface area contributed by atoms with Crippen LogP contribution >= 0.6 is 0 Å². The summed E-state index contributed by atoms with van der Waals surface area (Å²) in [5, 5.41) is 20.2. The lowest BCUT2D eigenvalue weighted by Crippen LogP contribution is -2.28. The lowest BCUT2D eigenvalue weighted by Gasteiger charge is -2.11. The van der Waals surface area contributed by atoms with Gasteiger partial charge in [0.25, 0.3) is 11.7 Å². The highest BCUT2D eigenvalue weighted by Crippen LogP contribution is 2.10. The van der Waals surface area contributed by atoms with E-state index in [1.54, 1.807) is 13.8 Å². The number of fused-ring (bicyclic) bond motifs is 1. The van der Waals surface area contributed by atoms with Gasteiger partial charge in [0, 0.05) is 6.20 Å². The maximum Gasteiger partial charge on any atom is 0.255 e. The van der Waals surface area contributed by atoms with Crippen molar-refractivity contribution in [1.29, 1.82) is 0 Å². The normalized spacial score (nSPS) is 12.5. The number of aromatic amines is 1. The number of rotatable bonds is 3. The Morgan fingerprint density at radius 1 is 1.45 bits per heavy atom. The molecule has 1 unspecified atom stereocenters. The smallest absolute Gasteiger partial charge is 0.255 e. The summed E-state index contributed by atoms with van der Waals surface area (Å²) in [6.45, 7) is 3.54. The molecule has 0 aliphatic heterocycles.